The number of aromatic carboxylic acids is 1. The van der Waals surface area contributed by atoms with Crippen LogP contribution in [0.4, 0.5) is 0 Å². The zero-order valence-electron chi connectivity index (χ0n) is 32.6. The Morgan fingerprint density at radius 2 is 0.508 bits per heavy atom. The van der Waals surface area contributed by atoms with E-state index in [2.05, 4.69) is 140 Å². The summed E-state index contributed by atoms with van der Waals surface area (Å²) in [6, 6.07) is 66.3. The molecule has 7 nitrogen and oxygen atoms in total. The highest BCUT2D eigenvalue weighted by atomic mass is 16.4. The van der Waals surface area contributed by atoms with Gasteiger partial charge in [0, 0.05) is 43.1 Å². The predicted octanol–water partition coefficient (Wildman–Crippen LogP) is 13.2. The Labute approximate surface area is 347 Å². The number of benzene rings is 8. The van der Waals surface area contributed by atoms with Gasteiger partial charge in [-0.1, -0.05) is 146 Å². The van der Waals surface area contributed by atoms with Crippen molar-refractivity contribution in [2.45, 2.75) is 0 Å². The third-order valence-corrected chi connectivity index (χ3v) is 12.5. The minimum atomic E-state index is -1.07. The van der Waals surface area contributed by atoms with E-state index in [1.54, 1.807) is 0 Å². The number of carbonyl (C=O) groups is 1. The van der Waals surface area contributed by atoms with Gasteiger partial charge in [-0.2, -0.15) is 0 Å². The van der Waals surface area contributed by atoms with E-state index in [0.29, 0.717) is 23.0 Å². The van der Waals surface area contributed by atoms with Gasteiger partial charge >= 0.3 is 5.97 Å². The monoisotopic (exact) mass is 783 g/mol. The average Bonchev–Trinajstić information content (AvgIpc) is 4.04. The van der Waals surface area contributed by atoms with Crippen molar-refractivity contribution in [3.05, 3.63) is 200 Å². The summed E-state index contributed by atoms with van der Waals surface area (Å²) in [7, 11) is 0. The second-order valence-corrected chi connectivity index (χ2v) is 15.6. The summed E-state index contributed by atoms with van der Waals surface area (Å²) in [5, 5.41) is 20.5. The van der Waals surface area contributed by atoms with E-state index in [1.807, 2.05) is 72.8 Å². The van der Waals surface area contributed by atoms with Crippen molar-refractivity contribution in [1.29, 1.82) is 0 Å². The Bertz CT molecular complexity index is 3530. The van der Waals surface area contributed by atoms with Gasteiger partial charge in [0.25, 0.3) is 0 Å². The first-order valence-corrected chi connectivity index (χ1v) is 20.4. The molecule has 5 aromatic heterocycles. The number of para-hydroxylation sites is 8. The zero-order valence-corrected chi connectivity index (χ0v) is 32.6. The molecule has 13 rings (SSSR count). The highest BCUT2D eigenvalue weighted by molar-refractivity contribution is 6.16. The maximum atomic E-state index is 15.0. The summed E-state index contributed by atoms with van der Waals surface area (Å²) in [4.78, 5) is 21.0. The van der Waals surface area contributed by atoms with Crippen molar-refractivity contribution in [1.82, 2.24) is 23.3 Å². The molecule has 0 atom stereocenters. The fourth-order valence-electron chi connectivity index (χ4n) is 10.1. The standard InChI is InChI=1S/C54H33N5O2/c60-54(61)49-50(56-41-25-9-1-17-33(41)34-18-2-10-26-42(34)56)52(58-45-29-13-5-21-37(45)38-22-6-14-30-46(38)58)55-53(59-47-31-15-7-23-39(47)40-24-8-16-32-48(40)59)51(49)57-43-27-11-3-19-35(43)36-20-4-12-28-44(36)57/h1-32H,(H,60,61). The number of carboxylic acid groups (broad SMARTS) is 1. The summed E-state index contributed by atoms with van der Waals surface area (Å²) in [6.07, 6.45) is 0. The second kappa shape index (κ2) is 12.5. The van der Waals surface area contributed by atoms with Crippen LogP contribution in [0.1, 0.15) is 10.4 Å². The third-order valence-electron chi connectivity index (χ3n) is 12.5. The fourth-order valence-corrected chi connectivity index (χ4v) is 10.1. The van der Waals surface area contributed by atoms with E-state index in [9.17, 15) is 5.11 Å². The number of hydrogen-bond acceptors (Lipinski definition) is 2. The maximum Gasteiger partial charge on any atom is 0.340 e. The Morgan fingerprint density at radius 1 is 0.311 bits per heavy atom. The molecule has 0 unspecified atom stereocenters. The average molecular weight is 784 g/mol. The lowest BCUT2D eigenvalue weighted by molar-refractivity contribution is 0.0697. The van der Waals surface area contributed by atoms with Gasteiger partial charge in [0.1, 0.15) is 16.9 Å². The topological polar surface area (TPSA) is 69.9 Å². The summed E-state index contributed by atoms with van der Waals surface area (Å²) < 4.78 is 8.60. The van der Waals surface area contributed by atoms with Crippen molar-refractivity contribution in [2.75, 3.05) is 0 Å². The molecule has 0 aliphatic rings. The molecular weight excluding hydrogens is 751 g/mol. The van der Waals surface area contributed by atoms with Crippen molar-refractivity contribution >= 4 is 93.2 Å². The Hall–Kier alpha value is -8.42. The van der Waals surface area contributed by atoms with E-state index in [0.717, 1.165) is 87.2 Å². The number of aromatic nitrogens is 5. The first-order chi connectivity index (χ1) is 30.2. The van der Waals surface area contributed by atoms with Crippen molar-refractivity contribution in [3.8, 4) is 23.0 Å². The van der Waals surface area contributed by atoms with Gasteiger partial charge in [-0.05, 0) is 48.5 Å². The molecule has 0 aliphatic heterocycles. The van der Waals surface area contributed by atoms with Crippen LogP contribution >= 0.6 is 0 Å². The van der Waals surface area contributed by atoms with E-state index < -0.39 is 5.97 Å². The SMILES string of the molecule is O=C(O)c1c(-n2c3ccccc3c3ccccc32)c(-n2c3ccccc3c3ccccc32)nc(-n2c3ccccc3c3ccccc32)c1-n1c2ccccc2c2ccccc21. The Morgan fingerprint density at radius 3 is 0.721 bits per heavy atom. The van der Waals surface area contributed by atoms with E-state index in [1.165, 1.54) is 0 Å². The van der Waals surface area contributed by atoms with Crippen LogP contribution in [0.3, 0.4) is 0 Å². The van der Waals surface area contributed by atoms with Gasteiger partial charge in [-0.25, -0.2) is 9.78 Å². The van der Waals surface area contributed by atoms with Gasteiger partial charge in [-0.15, -0.1) is 0 Å². The molecule has 0 amide bonds. The van der Waals surface area contributed by atoms with Crippen LogP contribution in [0.25, 0.3) is 110 Å². The minimum absolute atomic E-state index is 0.127. The van der Waals surface area contributed by atoms with E-state index >= 15 is 4.79 Å². The lowest BCUT2D eigenvalue weighted by atomic mass is 10.1. The molecule has 0 fully saturated rings. The fraction of sp³-hybridized carbons (Fsp3) is 0. The van der Waals surface area contributed by atoms with Gasteiger partial charge in [0.15, 0.2) is 11.6 Å². The van der Waals surface area contributed by atoms with Crippen LogP contribution < -0.4 is 0 Å². The summed E-state index contributed by atoms with van der Waals surface area (Å²) in [5.74, 6) is -0.0643. The molecule has 13 aromatic rings. The number of rotatable bonds is 5. The zero-order chi connectivity index (χ0) is 40.3. The normalized spacial score (nSPS) is 12.1. The first kappa shape index (κ1) is 33.5. The predicted molar refractivity (Wildman–Crippen MR) is 249 cm³/mol. The number of nitrogens with zero attached hydrogens (tertiary/aromatic N) is 5. The molecule has 0 saturated carbocycles. The maximum absolute atomic E-state index is 15.0. The van der Waals surface area contributed by atoms with Crippen molar-refractivity contribution in [2.24, 2.45) is 0 Å². The molecule has 0 saturated heterocycles. The quantitative estimate of drug-likeness (QED) is 0.189. The largest absolute Gasteiger partial charge is 0.478 e. The van der Waals surface area contributed by atoms with E-state index in [4.69, 9.17) is 4.98 Å². The summed E-state index contributed by atoms with van der Waals surface area (Å²) in [6.45, 7) is 0. The van der Waals surface area contributed by atoms with Crippen LogP contribution in [0.2, 0.25) is 0 Å². The molecule has 1 N–H and O–H groups in total. The molecular formula is C54H33N5O2. The molecule has 5 heterocycles. The van der Waals surface area contributed by atoms with Crippen LogP contribution in [0, 0.1) is 0 Å². The minimum Gasteiger partial charge on any atom is -0.478 e. The molecule has 0 spiro atoms. The highest BCUT2D eigenvalue weighted by Gasteiger charge is 2.34. The van der Waals surface area contributed by atoms with Gasteiger partial charge in [-0.3, -0.25) is 9.13 Å². The molecule has 286 valence electrons. The lowest BCUT2D eigenvalue weighted by Gasteiger charge is -2.25. The Balaban J connectivity index is 1.36. The number of pyridine rings is 1. The van der Waals surface area contributed by atoms with Crippen molar-refractivity contribution < 1.29 is 9.90 Å². The number of carboxylic acids is 1. The number of fused-ring (bicyclic) bond motifs is 12. The van der Waals surface area contributed by atoms with Crippen LogP contribution in [0.5, 0.6) is 0 Å². The lowest BCUT2D eigenvalue weighted by Crippen LogP contribution is -2.20. The highest BCUT2D eigenvalue weighted by Crippen LogP contribution is 2.45. The third kappa shape index (κ3) is 4.51. The summed E-state index contributed by atoms with van der Waals surface area (Å²) >= 11 is 0. The smallest absolute Gasteiger partial charge is 0.340 e. The molecule has 8 aromatic carbocycles. The second-order valence-electron chi connectivity index (χ2n) is 15.6. The van der Waals surface area contributed by atoms with Crippen LogP contribution in [-0.4, -0.2) is 34.3 Å². The van der Waals surface area contributed by atoms with Gasteiger partial charge in [0.05, 0.1) is 44.1 Å². The number of hydrogen-bond donors (Lipinski definition) is 1. The molecule has 0 aliphatic carbocycles. The van der Waals surface area contributed by atoms with E-state index in [-0.39, 0.29) is 5.56 Å². The van der Waals surface area contributed by atoms with Crippen LogP contribution in [0.15, 0.2) is 194 Å². The van der Waals surface area contributed by atoms with Gasteiger partial charge in [0.2, 0.25) is 0 Å². The molecule has 0 bridgehead atoms. The van der Waals surface area contributed by atoms with Crippen molar-refractivity contribution in [3.63, 3.8) is 0 Å². The first-order valence-electron chi connectivity index (χ1n) is 20.4. The molecule has 0 radical (unpaired) electrons. The van der Waals surface area contributed by atoms with Gasteiger partial charge < -0.3 is 14.2 Å². The Kier molecular flexibility index (Phi) is 6.90. The molecule has 7 heteroatoms. The molecule has 61 heavy (non-hydrogen) atoms. The van der Waals surface area contributed by atoms with Crippen LogP contribution in [-0.2, 0) is 0 Å². The summed E-state index contributed by atoms with van der Waals surface area (Å²) in [5.41, 5.74) is 8.29.